The van der Waals surface area contributed by atoms with Crippen LogP contribution in [0.25, 0.3) is 0 Å². The molecule has 0 fully saturated rings. The van der Waals surface area contributed by atoms with Crippen LogP contribution in [0.15, 0.2) is 0 Å². The predicted molar refractivity (Wildman–Crippen MR) is 231 cm³/mol. The molecule has 0 saturated heterocycles. The fourth-order valence-corrected chi connectivity index (χ4v) is 6.40. The SMILES string of the molecule is CN[C@@H](CCCCNC(=O)COCCOCCNC(=O)COCCOCCCC(=O)CC[C@H](NC(=O)CCCCCCCCCCCCCCCCC(=O)O)C(=O)O)C(C)=O. The average Bonchev–Trinajstić information content (AvgIpc) is 3.22. The van der Waals surface area contributed by atoms with E-state index in [-0.39, 0.29) is 120 Å². The van der Waals surface area contributed by atoms with Gasteiger partial charge in [0.15, 0.2) is 0 Å². The lowest BCUT2D eigenvalue weighted by Gasteiger charge is -2.14. The molecule has 6 N–H and O–H groups in total. The molecule has 61 heavy (non-hydrogen) atoms. The summed E-state index contributed by atoms with van der Waals surface area (Å²) in [4.78, 5) is 82.0. The molecule has 0 saturated carbocycles. The molecule has 0 aromatic rings. The first kappa shape index (κ1) is 57.5. The zero-order valence-electron chi connectivity index (χ0n) is 37.4. The normalized spacial score (nSPS) is 12.1. The number of carbonyl (C=O) groups is 7. The second-order valence-electron chi connectivity index (χ2n) is 15.5. The number of aliphatic carboxylic acids is 2. The smallest absolute Gasteiger partial charge is 0.326 e. The number of ether oxygens (including phenoxy) is 4. The van der Waals surface area contributed by atoms with Crippen molar-refractivity contribution in [1.82, 2.24) is 21.3 Å². The maximum absolute atomic E-state index is 12.3. The van der Waals surface area contributed by atoms with Crippen LogP contribution in [0.2, 0.25) is 0 Å². The molecule has 0 radical (unpaired) electrons. The lowest BCUT2D eigenvalue weighted by Crippen LogP contribution is -2.41. The summed E-state index contributed by atoms with van der Waals surface area (Å²) < 4.78 is 21.4. The minimum absolute atomic E-state index is 0.0367. The van der Waals surface area contributed by atoms with E-state index in [0.717, 1.165) is 57.8 Å². The summed E-state index contributed by atoms with van der Waals surface area (Å²) in [6.45, 7) is 3.68. The predicted octanol–water partition coefficient (Wildman–Crippen LogP) is 4.66. The molecule has 3 amide bonds. The quantitative estimate of drug-likeness (QED) is 0.0456. The third-order valence-corrected chi connectivity index (χ3v) is 9.99. The van der Waals surface area contributed by atoms with Gasteiger partial charge in [-0.15, -0.1) is 0 Å². The minimum Gasteiger partial charge on any atom is -0.481 e. The summed E-state index contributed by atoms with van der Waals surface area (Å²) in [7, 11) is 1.76. The van der Waals surface area contributed by atoms with Gasteiger partial charge in [-0.05, 0) is 58.9 Å². The molecule has 0 aromatic carbocycles. The summed E-state index contributed by atoms with van der Waals surface area (Å²) in [6, 6.07) is -1.25. The van der Waals surface area contributed by atoms with Crippen LogP contribution in [0.5, 0.6) is 0 Å². The van der Waals surface area contributed by atoms with Crippen LogP contribution >= 0.6 is 0 Å². The van der Waals surface area contributed by atoms with Crippen LogP contribution in [0.1, 0.15) is 155 Å². The highest BCUT2D eigenvalue weighted by Crippen LogP contribution is 2.14. The number of Topliss-reactive ketones (excluding diaryl/α,β-unsaturated/α-hetero) is 2. The van der Waals surface area contributed by atoms with Gasteiger partial charge < -0.3 is 50.4 Å². The molecule has 0 rings (SSSR count). The van der Waals surface area contributed by atoms with Gasteiger partial charge in [0.05, 0.1) is 39.1 Å². The number of hydrogen-bond donors (Lipinski definition) is 6. The van der Waals surface area contributed by atoms with Gasteiger partial charge in [0, 0.05) is 45.4 Å². The first-order chi connectivity index (χ1) is 29.5. The van der Waals surface area contributed by atoms with E-state index < -0.39 is 18.0 Å². The molecule has 2 atom stereocenters. The monoisotopic (exact) mass is 873 g/mol. The van der Waals surface area contributed by atoms with Gasteiger partial charge in [0.25, 0.3) is 0 Å². The first-order valence-electron chi connectivity index (χ1n) is 22.7. The second kappa shape index (κ2) is 41.8. The molecular weight excluding hydrogens is 792 g/mol. The Morgan fingerprint density at radius 2 is 0.951 bits per heavy atom. The van der Waals surface area contributed by atoms with Crippen LogP contribution in [0.4, 0.5) is 0 Å². The van der Waals surface area contributed by atoms with Crippen molar-refractivity contribution in [3.8, 4) is 0 Å². The Hall–Kier alpha value is -3.51. The van der Waals surface area contributed by atoms with Crippen LogP contribution in [-0.2, 0) is 52.5 Å². The van der Waals surface area contributed by atoms with Crippen LogP contribution in [0, 0.1) is 0 Å². The third-order valence-electron chi connectivity index (χ3n) is 9.99. The zero-order valence-corrected chi connectivity index (χ0v) is 37.4. The summed E-state index contributed by atoms with van der Waals surface area (Å²) in [5.74, 6) is -2.70. The van der Waals surface area contributed by atoms with Crippen LogP contribution in [-0.4, -0.2) is 137 Å². The van der Waals surface area contributed by atoms with E-state index >= 15 is 0 Å². The highest BCUT2D eigenvalue weighted by atomic mass is 16.5. The van der Waals surface area contributed by atoms with E-state index in [0.29, 0.717) is 26.0 Å². The summed E-state index contributed by atoms with van der Waals surface area (Å²) in [5.41, 5.74) is 0. The molecule has 0 bridgehead atoms. The number of rotatable bonds is 46. The van der Waals surface area contributed by atoms with Gasteiger partial charge in [-0.1, -0.05) is 77.0 Å². The molecule has 0 aromatic heterocycles. The van der Waals surface area contributed by atoms with E-state index in [1.54, 1.807) is 14.0 Å². The molecule has 0 unspecified atom stereocenters. The van der Waals surface area contributed by atoms with Crippen molar-refractivity contribution in [3.63, 3.8) is 0 Å². The van der Waals surface area contributed by atoms with Crippen LogP contribution in [0.3, 0.4) is 0 Å². The number of likely N-dealkylation sites (N-methyl/N-ethyl adjacent to an activating group) is 1. The molecule has 0 aliphatic heterocycles. The fourth-order valence-electron chi connectivity index (χ4n) is 6.40. The van der Waals surface area contributed by atoms with Crippen molar-refractivity contribution in [3.05, 3.63) is 0 Å². The third kappa shape index (κ3) is 40.3. The number of amides is 3. The number of nitrogens with one attached hydrogen (secondary N) is 4. The number of carboxylic acid groups (broad SMARTS) is 2. The molecule has 0 aliphatic rings. The van der Waals surface area contributed by atoms with Gasteiger partial charge in [-0.25, -0.2) is 4.79 Å². The van der Waals surface area contributed by atoms with Gasteiger partial charge in [-0.2, -0.15) is 0 Å². The summed E-state index contributed by atoms with van der Waals surface area (Å²) in [5, 5.41) is 29.2. The zero-order chi connectivity index (χ0) is 45.2. The fraction of sp³-hybridized carbons (Fsp3) is 0.841. The number of ketones is 2. The standard InChI is InChI=1S/C44H80N4O13/c1-36(49)38(45-2)21-17-18-26-46-41(52)34-61-33-31-59-29-27-47-42(53)35-60-32-30-58-28-19-20-37(50)24-25-39(44(56)57)48-40(51)22-15-13-11-9-7-5-3-4-6-8-10-12-14-16-23-43(54)55/h38-39,45H,3-35H2,1-2H3,(H,46,52)(H,47,53)(H,48,51)(H,54,55)(H,56,57)/t38-,39-/m0/s1. The topological polar surface area (TPSA) is 245 Å². The number of carbonyl (C=O) groups excluding carboxylic acids is 5. The number of hydrogen-bond acceptors (Lipinski definition) is 12. The van der Waals surface area contributed by atoms with Crippen molar-refractivity contribution in [1.29, 1.82) is 0 Å². The van der Waals surface area contributed by atoms with E-state index in [2.05, 4.69) is 21.3 Å². The largest absolute Gasteiger partial charge is 0.481 e. The minimum atomic E-state index is -1.16. The van der Waals surface area contributed by atoms with E-state index in [4.69, 9.17) is 24.1 Å². The van der Waals surface area contributed by atoms with Crippen molar-refractivity contribution in [2.75, 3.05) is 73.0 Å². The Kier molecular flexibility index (Phi) is 39.4. The summed E-state index contributed by atoms with van der Waals surface area (Å²) >= 11 is 0. The molecule has 0 aliphatic carbocycles. The molecule has 0 heterocycles. The van der Waals surface area contributed by atoms with E-state index in [1.807, 2.05) is 0 Å². The number of carboxylic acids is 2. The highest BCUT2D eigenvalue weighted by molar-refractivity contribution is 5.85. The lowest BCUT2D eigenvalue weighted by atomic mass is 10.0. The average molecular weight is 873 g/mol. The van der Waals surface area contributed by atoms with Gasteiger partial charge in [-0.3, -0.25) is 28.8 Å². The van der Waals surface area contributed by atoms with Gasteiger partial charge >= 0.3 is 11.9 Å². The highest BCUT2D eigenvalue weighted by Gasteiger charge is 2.21. The van der Waals surface area contributed by atoms with Crippen molar-refractivity contribution < 1.29 is 62.7 Å². The van der Waals surface area contributed by atoms with Crippen molar-refractivity contribution in [2.24, 2.45) is 0 Å². The van der Waals surface area contributed by atoms with Crippen LogP contribution < -0.4 is 21.3 Å². The Labute approximate surface area is 364 Å². The summed E-state index contributed by atoms with van der Waals surface area (Å²) in [6.07, 6.45) is 18.8. The maximum Gasteiger partial charge on any atom is 0.326 e. The maximum atomic E-state index is 12.3. The van der Waals surface area contributed by atoms with Gasteiger partial charge in [0.1, 0.15) is 30.8 Å². The Balaban J connectivity index is 3.65. The van der Waals surface area contributed by atoms with E-state index in [1.165, 1.54) is 44.9 Å². The molecule has 0 spiro atoms. The van der Waals surface area contributed by atoms with E-state index in [9.17, 15) is 38.7 Å². The van der Waals surface area contributed by atoms with Crippen molar-refractivity contribution >= 4 is 41.2 Å². The number of unbranched alkanes of at least 4 members (excludes halogenated alkanes) is 14. The molecule has 17 heteroatoms. The lowest BCUT2D eigenvalue weighted by molar-refractivity contribution is -0.142. The second-order valence-corrected chi connectivity index (χ2v) is 15.5. The van der Waals surface area contributed by atoms with Crippen molar-refractivity contribution in [2.45, 2.75) is 167 Å². The molecular formula is C44H80N4O13. The Bertz CT molecular complexity index is 1190. The first-order valence-corrected chi connectivity index (χ1v) is 22.7. The molecule has 354 valence electrons. The van der Waals surface area contributed by atoms with Gasteiger partial charge in [0.2, 0.25) is 17.7 Å². The molecule has 17 nitrogen and oxygen atoms in total. The Morgan fingerprint density at radius 1 is 0.459 bits per heavy atom. The Morgan fingerprint density at radius 3 is 1.46 bits per heavy atom.